The van der Waals surface area contributed by atoms with Gasteiger partial charge >= 0.3 is 12.2 Å². The van der Waals surface area contributed by atoms with E-state index in [0.717, 1.165) is 16.0 Å². The van der Waals surface area contributed by atoms with Gasteiger partial charge in [-0.1, -0.05) is 47.1 Å². The molecular formula is C30H28ClN5O6. The molecule has 0 aliphatic carbocycles. The highest BCUT2D eigenvalue weighted by Gasteiger charge is 2.47. The van der Waals surface area contributed by atoms with E-state index in [2.05, 4.69) is 15.8 Å². The Morgan fingerprint density at radius 1 is 1.19 bits per heavy atom. The molecule has 6 rings (SSSR count). The fourth-order valence-corrected chi connectivity index (χ4v) is 5.84. The Morgan fingerprint density at radius 2 is 2.00 bits per heavy atom. The first-order valence-electron chi connectivity index (χ1n) is 13.5. The highest BCUT2D eigenvalue weighted by molar-refractivity contribution is 6.30. The van der Waals surface area contributed by atoms with Gasteiger partial charge in [0.2, 0.25) is 5.91 Å². The SMILES string of the molecule is CN(C(=O)O)c1ccc2c(N[C@@H](Cc3ccccc3)C(=O)N3CCC[C@@]4(C3)OC(=O)Nc3ccc(Cl)cc34)noc2c1. The molecule has 42 heavy (non-hydrogen) atoms. The van der Waals surface area contributed by atoms with Crippen LogP contribution in [-0.2, 0) is 21.6 Å². The molecular weight excluding hydrogens is 562 g/mol. The van der Waals surface area contributed by atoms with Crippen molar-refractivity contribution in [3.8, 4) is 0 Å². The molecule has 1 fully saturated rings. The normalized spacial score (nSPS) is 18.6. The summed E-state index contributed by atoms with van der Waals surface area (Å²) < 4.78 is 11.4. The minimum absolute atomic E-state index is 0.171. The van der Waals surface area contributed by atoms with Crippen molar-refractivity contribution in [1.29, 1.82) is 0 Å². The van der Waals surface area contributed by atoms with Gasteiger partial charge in [0.25, 0.3) is 0 Å². The number of rotatable bonds is 6. The van der Waals surface area contributed by atoms with E-state index in [1.165, 1.54) is 7.05 Å². The second-order valence-electron chi connectivity index (χ2n) is 10.5. The van der Waals surface area contributed by atoms with E-state index in [1.54, 1.807) is 41.3 Å². The maximum atomic E-state index is 14.2. The zero-order chi connectivity index (χ0) is 29.4. The van der Waals surface area contributed by atoms with E-state index >= 15 is 0 Å². The van der Waals surface area contributed by atoms with Crippen LogP contribution in [0.25, 0.3) is 11.0 Å². The maximum absolute atomic E-state index is 14.2. The molecule has 3 heterocycles. The molecule has 3 amide bonds. The van der Waals surface area contributed by atoms with Crippen LogP contribution in [-0.4, -0.2) is 59.4 Å². The van der Waals surface area contributed by atoms with Gasteiger partial charge in [-0.05, 0) is 48.7 Å². The van der Waals surface area contributed by atoms with Gasteiger partial charge in [0, 0.05) is 36.7 Å². The number of halogens is 1. The third kappa shape index (κ3) is 5.18. The van der Waals surface area contributed by atoms with Crippen LogP contribution in [0.2, 0.25) is 5.02 Å². The Kier molecular flexibility index (Phi) is 7.11. The van der Waals surface area contributed by atoms with Crippen molar-refractivity contribution in [3.05, 3.63) is 82.9 Å². The van der Waals surface area contributed by atoms with Crippen molar-refractivity contribution in [1.82, 2.24) is 10.1 Å². The van der Waals surface area contributed by atoms with Crippen LogP contribution < -0.4 is 15.5 Å². The van der Waals surface area contributed by atoms with Gasteiger partial charge in [0.05, 0.1) is 23.3 Å². The standard InChI is InChI=1S/C30H28ClN5O6/c1-35(29(39)40)20-9-10-21-25(16-20)42-34-26(21)32-24(14-18-6-3-2-4-7-18)27(37)36-13-5-12-30(17-36)22-15-19(31)8-11-23(22)33-28(38)41-30/h2-4,6-11,15-16,24H,5,12-14,17H2,1H3,(H,32,34)(H,33,38)(H,39,40)/t24-,30-/m0/s1. The smallest absolute Gasteiger partial charge is 0.412 e. The Balaban J connectivity index is 1.31. The van der Waals surface area contributed by atoms with Gasteiger partial charge in [0.15, 0.2) is 17.0 Å². The number of carbonyl (C=O) groups is 3. The van der Waals surface area contributed by atoms with Crippen LogP contribution in [0.5, 0.6) is 0 Å². The molecule has 0 radical (unpaired) electrons. The number of ether oxygens (including phenoxy) is 1. The summed E-state index contributed by atoms with van der Waals surface area (Å²) in [5.74, 6) is 0.176. The first kappa shape index (κ1) is 27.4. The summed E-state index contributed by atoms with van der Waals surface area (Å²) >= 11 is 6.32. The summed E-state index contributed by atoms with van der Waals surface area (Å²) in [7, 11) is 1.44. The average molecular weight is 590 g/mol. The number of nitrogens with zero attached hydrogens (tertiary/aromatic N) is 3. The molecule has 2 aliphatic rings. The molecule has 0 saturated carbocycles. The van der Waals surface area contributed by atoms with Crippen LogP contribution in [0, 0.1) is 0 Å². The number of fused-ring (bicyclic) bond motifs is 3. The number of hydrogen-bond acceptors (Lipinski definition) is 7. The van der Waals surface area contributed by atoms with Gasteiger partial charge < -0.3 is 24.6 Å². The number of carboxylic acid groups (broad SMARTS) is 1. The zero-order valence-electron chi connectivity index (χ0n) is 22.7. The van der Waals surface area contributed by atoms with Crippen LogP contribution >= 0.6 is 11.6 Å². The Hall–Kier alpha value is -4.77. The largest absolute Gasteiger partial charge is 0.465 e. The lowest BCUT2D eigenvalue weighted by atomic mass is 9.83. The third-order valence-corrected chi connectivity index (χ3v) is 8.02. The predicted octanol–water partition coefficient (Wildman–Crippen LogP) is 5.70. The molecule has 12 heteroatoms. The number of likely N-dealkylation sites (tertiary alicyclic amines) is 1. The van der Waals surface area contributed by atoms with Crippen molar-refractivity contribution >= 4 is 57.9 Å². The van der Waals surface area contributed by atoms with Crippen molar-refractivity contribution in [2.24, 2.45) is 0 Å². The fourth-order valence-electron chi connectivity index (χ4n) is 5.67. The molecule has 2 aliphatic heterocycles. The Morgan fingerprint density at radius 3 is 2.79 bits per heavy atom. The first-order chi connectivity index (χ1) is 20.2. The van der Waals surface area contributed by atoms with E-state index in [1.807, 2.05) is 30.3 Å². The van der Waals surface area contributed by atoms with Crippen LogP contribution in [0.1, 0.15) is 24.0 Å². The molecule has 3 aromatic carbocycles. The first-order valence-corrected chi connectivity index (χ1v) is 13.9. The Labute approximate surface area is 246 Å². The van der Waals surface area contributed by atoms with E-state index in [-0.39, 0.29) is 12.5 Å². The predicted molar refractivity (Wildman–Crippen MR) is 157 cm³/mol. The fraction of sp³-hybridized carbons (Fsp3) is 0.267. The van der Waals surface area contributed by atoms with Gasteiger partial charge in [-0.3, -0.25) is 15.0 Å². The molecule has 216 valence electrons. The second-order valence-corrected chi connectivity index (χ2v) is 10.9. The number of aromatic nitrogens is 1. The zero-order valence-corrected chi connectivity index (χ0v) is 23.4. The highest BCUT2D eigenvalue weighted by atomic mass is 35.5. The monoisotopic (exact) mass is 589 g/mol. The molecule has 11 nitrogen and oxygen atoms in total. The lowest BCUT2D eigenvalue weighted by molar-refractivity contribution is -0.139. The van der Waals surface area contributed by atoms with Gasteiger partial charge in [-0.15, -0.1) is 0 Å². The topological polar surface area (TPSA) is 137 Å². The Bertz CT molecular complexity index is 1680. The van der Waals surface area contributed by atoms with Crippen LogP contribution in [0.3, 0.4) is 0 Å². The van der Waals surface area contributed by atoms with E-state index < -0.39 is 23.8 Å². The highest BCUT2D eigenvalue weighted by Crippen LogP contribution is 2.43. The molecule has 3 N–H and O–H groups in total. The van der Waals surface area contributed by atoms with E-state index in [9.17, 15) is 19.5 Å². The summed E-state index contributed by atoms with van der Waals surface area (Å²) in [4.78, 5) is 40.9. The number of nitrogens with one attached hydrogen (secondary N) is 2. The third-order valence-electron chi connectivity index (χ3n) is 7.79. The molecule has 2 atom stereocenters. The number of anilines is 3. The van der Waals surface area contributed by atoms with Crippen molar-refractivity contribution in [2.45, 2.75) is 30.9 Å². The minimum Gasteiger partial charge on any atom is -0.465 e. The van der Waals surface area contributed by atoms with Gasteiger partial charge in [0.1, 0.15) is 6.04 Å². The maximum Gasteiger partial charge on any atom is 0.412 e. The number of carbonyl (C=O) groups excluding carboxylic acids is 2. The average Bonchev–Trinajstić information content (AvgIpc) is 3.39. The summed E-state index contributed by atoms with van der Waals surface area (Å²) in [5, 5.41) is 20.6. The summed E-state index contributed by atoms with van der Waals surface area (Å²) in [5.41, 5.74) is 2.07. The summed E-state index contributed by atoms with van der Waals surface area (Å²) in [6.07, 6.45) is -0.142. The summed E-state index contributed by atoms with van der Waals surface area (Å²) in [6.45, 7) is 0.656. The quantitative estimate of drug-likeness (QED) is 0.260. The number of benzene rings is 3. The van der Waals surface area contributed by atoms with Gasteiger partial charge in [-0.25, -0.2) is 9.59 Å². The lowest BCUT2D eigenvalue weighted by Crippen LogP contribution is -2.56. The van der Waals surface area contributed by atoms with Gasteiger partial charge in [-0.2, -0.15) is 0 Å². The van der Waals surface area contributed by atoms with Crippen molar-refractivity contribution in [3.63, 3.8) is 0 Å². The molecule has 4 aromatic rings. The number of amides is 3. The number of hydrogen-bond donors (Lipinski definition) is 3. The summed E-state index contributed by atoms with van der Waals surface area (Å²) in [6, 6.07) is 19.1. The van der Waals surface area contributed by atoms with Crippen LogP contribution in [0.15, 0.2) is 71.3 Å². The molecule has 1 spiro atoms. The molecule has 0 unspecified atom stereocenters. The van der Waals surface area contributed by atoms with E-state index in [0.29, 0.717) is 59.0 Å². The van der Waals surface area contributed by atoms with Crippen LogP contribution in [0.4, 0.5) is 26.8 Å². The van der Waals surface area contributed by atoms with Crippen molar-refractivity contribution in [2.75, 3.05) is 35.7 Å². The molecule has 1 saturated heterocycles. The minimum atomic E-state index is -1.11. The molecule has 1 aromatic heterocycles. The van der Waals surface area contributed by atoms with E-state index in [4.69, 9.17) is 20.9 Å². The number of piperidine rings is 1. The second kappa shape index (κ2) is 10.9. The van der Waals surface area contributed by atoms with Crippen molar-refractivity contribution < 1.29 is 28.8 Å². The lowest BCUT2D eigenvalue weighted by Gasteiger charge is -2.45. The molecule has 0 bridgehead atoms.